The zero-order valence-corrected chi connectivity index (χ0v) is 17.4. The summed E-state index contributed by atoms with van der Waals surface area (Å²) in [5, 5.41) is 4.03. The van der Waals surface area contributed by atoms with Gasteiger partial charge in [-0.05, 0) is 48.5 Å². The van der Waals surface area contributed by atoms with Gasteiger partial charge in [-0.3, -0.25) is 4.98 Å². The van der Waals surface area contributed by atoms with Crippen LogP contribution in [0.3, 0.4) is 0 Å². The van der Waals surface area contributed by atoms with Gasteiger partial charge in [-0.15, -0.1) is 0 Å². The van der Waals surface area contributed by atoms with Crippen molar-refractivity contribution in [3.05, 3.63) is 121 Å². The fourth-order valence-electron chi connectivity index (χ4n) is 3.40. The van der Waals surface area contributed by atoms with Crippen LogP contribution in [0.15, 0.2) is 109 Å². The lowest BCUT2D eigenvalue weighted by molar-refractivity contribution is 0.0512. The van der Waals surface area contributed by atoms with Gasteiger partial charge in [0.15, 0.2) is 0 Å². The summed E-state index contributed by atoms with van der Waals surface area (Å²) in [7, 11) is -0.660. The monoisotopic (exact) mass is 397 g/mol. The number of hydrogen-bond donors (Lipinski definition) is 0. The summed E-state index contributed by atoms with van der Waals surface area (Å²) in [6.45, 7) is 2.64. The first kappa shape index (κ1) is 19.5. The van der Waals surface area contributed by atoms with Gasteiger partial charge in [0.1, 0.15) is 0 Å². The van der Waals surface area contributed by atoms with Gasteiger partial charge in [-0.1, -0.05) is 91.0 Å². The van der Waals surface area contributed by atoms with Gasteiger partial charge in [0.25, 0.3) is 0 Å². The molecule has 0 spiro atoms. The highest BCUT2D eigenvalue weighted by molar-refractivity contribution is 7.79. The zero-order chi connectivity index (χ0) is 19.9. The predicted octanol–water partition coefficient (Wildman–Crippen LogP) is 5.12. The molecule has 0 aliphatic carbocycles. The van der Waals surface area contributed by atoms with Crippen LogP contribution in [0.4, 0.5) is 0 Å². The zero-order valence-electron chi connectivity index (χ0n) is 16.5. The normalized spacial score (nSPS) is 12.1. The Hall–Kier alpha value is -2.80. The van der Waals surface area contributed by atoms with Crippen LogP contribution < -0.4 is 15.9 Å². The Bertz CT molecular complexity index is 983. The molecule has 0 bridgehead atoms. The summed E-state index contributed by atoms with van der Waals surface area (Å²) in [6.07, 6.45) is 1.78. The molecule has 0 fully saturated rings. The molecule has 144 valence electrons. The van der Waals surface area contributed by atoms with Gasteiger partial charge >= 0.3 is 0 Å². The van der Waals surface area contributed by atoms with E-state index in [1.807, 2.05) is 18.2 Å². The number of pyridine rings is 1. The quantitative estimate of drug-likeness (QED) is 0.404. The second-order valence-corrected chi connectivity index (χ2v) is 9.03. The van der Waals surface area contributed by atoms with E-state index in [9.17, 15) is 0 Å². The fraction of sp³-hybridized carbons (Fsp3) is 0.115. The molecule has 29 heavy (non-hydrogen) atoms. The first-order chi connectivity index (χ1) is 14.3. The van der Waals surface area contributed by atoms with E-state index < -0.39 is 7.92 Å². The Kier molecular flexibility index (Phi) is 6.46. The van der Waals surface area contributed by atoms with Crippen LogP contribution in [0.25, 0.3) is 0 Å². The van der Waals surface area contributed by atoms with Crippen molar-refractivity contribution in [1.29, 1.82) is 0 Å². The van der Waals surface area contributed by atoms with Crippen molar-refractivity contribution in [2.75, 3.05) is 0 Å². The topological polar surface area (TPSA) is 22.1 Å². The molecule has 0 radical (unpaired) electrons. The van der Waals surface area contributed by atoms with E-state index in [1.165, 1.54) is 21.5 Å². The van der Waals surface area contributed by atoms with Crippen molar-refractivity contribution in [2.24, 2.45) is 0 Å². The average molecular weight is 397 g/mol. The molecule has 2 nitrogen and oxygen atoms in total. The third-order valence-corrected chi connectivity index (χ3v) is 7.37. The largest absolute Gasteiger partial charge is 0.368 e. The lowest BCUT2D eigenvalue weighted by Crippen LogP contribution is -2.24. The minimum atomic E-state index is -0.660. The third kappa shape index (κ3) is 4.79. The molecule has 1 heterocycles. The summed E-state index contributed by atoms with van der Waals surface area (Å²) < 4.78 is 6.22. The predicted molar refractivity (Wildman–Crippen MR) is 123 cm³/mol. The highest BCUT2D eigenvalue weighted by atomic mass is 31.1. The molecule has 4 aromatic rings. The second-order valence-electron chi connectivity index (χ2n) is 6.84. The molecule has 0 aliphatic heterocycles. The Morgan fingerprint density at radius 1 is 0.724 bits per heavy atom. The summed E-state index contributed by atoms with van der Waals surface area (Å²) in [6, 6.07) is 36.2. The second kappa shape index (κ2) is 9.60. The Morgan fingerprint density at radius 3 is 1.93 bits per heavy atom. The summed E-state index contributed by atoms with van der Waals surface area (Å²) in [5.74, 6) is 0. The molecule has 0 amide bonds. The molecule has 3 heteroatoms. The molecule has 4 rings (SSSR count). The van der Waals surface area contributed by atoms with E-state index in [0.717, 1.165) is 5.69 Å². The van der Waals surface area contributed by atoms with E-state index in [2.05, 4.69) is 96.8 Å². The van der Waals surface area contributed by atoms with Crippen LogP contribution in [0.2, 0.25) is 0 Å². The minimum Gasteiger partial charge on any atom is -0.368 e. The van der Waals surface area contributed by atoms with E-state index >= 15 is 0 Å². The molecule has 0 N–H and O–H groups in total. The maximum absolute atomic E-state index is 6.22. The molecular weight excluding hydrogens is 373 g/mol. The lowest BCUT2D eigenvalue weighted by Gasteiger charge is -2.25. The van der Waals surface area contributed by atoms with Crippen LogP contribution in [-0.4, -0.2) is 4.98 Å². The molecule has 1 aromatic heterocycles. The Balaban J connectivity index is 1.69. The van der Waals surface area contributed by atoms with Gasteiger partial charge in [0.05, 0.1) is 18.4 Å². The average Bonchev–Trinajstić information content (AvgIpc) is 2.80. The number of aromatic nitrogens is 1. The van der Waals surface area contributed by atoms with Gasteiger partial charge in [0.2, 0.25) is 0 Å². The van der Waals surface area contributed by atoms with Crippen molar-refractivity contribution >= 4 is 23.8 Å². The summed E-state index contributed by atoms with van der Waals surface area (Å²) >= 11 is 0. The van der Waals surface area contributed by atoms with Crippen LogP contribution in [0.1, 0.15) is 24.3 Å². The van der Waals surface area contributed by atoms with E-state index in [1.54, 1.807) is 6.20 Å². The number of nitrogens with zero attached hydrogens (tertiary/aromatic N) is 1. The smallest absolute Gasteiger partial charge is 0.0896 e. The van der Waals surface area contributed by atoms with E-state index in [4.69, 9.17) is 4.74 Å². The standard InChI is InChI=1S/C26H24NOP/c1-21(28-20-22-12-10-11-19-27-22)25-17-8-9-18-26(25)29(23-13-4-2-5-14-23)24-15-6-3-7-16-24/h2-19,21H,20H2,1H3/t21-/m0/s1. The van der Waals surface area contributed by atoms with Crippen LogP contribution in [-0.2, 0) is 11.3 Å². The first-order valence-corrected chi connectivity index (χ1v) is 11.2. The van der Waals surface area contributed by atoms with E-state index in [-0.39, 0.29) is 6.10 Å². The van der Waals surface area contributed by atoms with Crippen molar-refractivity contribution in [3.8, 4) is 0 Å². The van der Waals surface area contributed by atoms with Gasteiger partial charge < -0.3 is 4.74 Å². The molecule has 0 saturated carbocycles. The van der Waals surface area contributed by atoms with Crippen molar-refractivity contribution in [2.45, 2.75) is 19.6 Å². The minimum absolute atomic E-state index is 0.0226. The highest BCUT2D eigenvalue weighted by Crippen LogP contribution is 2.36. The SMILES string of the molecule is C[C@H](OCc1ccccn1)c1ccccc1P(c1ccccc1)c1ccccc1. The third-order valence-electron chi connectivity index (χ3n) is 4.85. The van der Waals surface area contributed by atoms with Crippen LogP contribution in [0, 0.1) is 0 Å². The summed E-state index contributed by atoms with van der Waals surface area (Å²) in [5.41, 5.74) is 2.19. The Morgan fingerprint density at radius 2 is 1.31 bits per heavy atom. The molecule has 1 atom stereocenters. The Labute approximate surface area is 174 Å². The number of rotatable bonds is 7. The van der Waals surface area contributed by atoms with Gasteiger partial charge in [-0.2, -0.15) is 0 Å². The number of ether oxygens (including phenoxy) is 1. The van der Waals surface area contributed by atoms with Crippen LogP contribution >= 0.6 is 7.92 Å². The molecule has 0 unspecified atom stereocenters. The fourth-order valence-corrected chi connectivity index (χ4v) is 5.94. The molecule has 0 aliphatic rings. The van der Waals surface area contributed by atoms with Crippen molar-refractivity contribution in [3.63, 3.8) is 0 Å². The lowest BCUT2D eigenvalue weighted by atomic mass is 10.1. The van der Waals surface area contributed by atoms with E-state index in [0.29, 0.717) is 6.61 Å². The maximum Gasteiger partial charge on any atom is 0.0896 e. The maximum atomic E-state index is 6.22. The van der Waals surface area contributed by atoms with Crippen LogP contribution in [0.5, 0.6) is 0 Å². The van der Waals surface area contributed by atoms with Gasteiger partial charge in [-0.25, -0.2) is 0 Å². The van der Waals surface area contributed by atoms with Gasteiger partial charge in [0, 0.05) is 6.20 Å². The molecule has 0 saturated heterocycles. The van der Waals surface area contributed by atoms with Crippen molar-refractivity contribution in [1.82, 2.24) is 4.98 Å². The van der Waals surface area contributed by atoms with Crippen molar-refractivity contribution < 1.29 is 4.74 Å². The number of benzene rings is 3. The molecular formula is C26H24NOP. The first-order valence-electron chi connectivity index (χ1n) is 9.83. The highest BCUT2D eigenvalue weighted by Gasteiger charge is 2.21. The number of hydrogen-bond acceptors (Lipinski definition) is 2. The summed E-state index contributed by atoms with van der Waals surface area (Å²) in [4.78, 5) is 4.38. The molecule has 3 aromatic carbocycles.